The molecule has 0 aromatic heterocycles. The summed E-state index contributed by atoms with van der Waals surface area (Å²) in [5.41, 5.74) is 7.65. The molecule has 0 N–H and O–H groups in total. The Labute approximate surface area is 253 Å². The van der Waals surface area contributed by atoms with E-state index in [1.54, 1.807) is 0 Å². The van der Waals surface area contributed by atoms with Crippen LogP contribution < -0.4 is 0 Å². The zero-order chi connectivity index (χ0) is 28.6. The van der Waals surface area contributed by atoms with E-state index >= 15 is 0 Å². The molecule has 0 unspecified atom stereocenters. The Morgan fingerprint density at radius 1 is 0.650 bits per heavy atom. The second kappa shape index (κ2) is 17.2. The minimum absolute atomic E-state index is 0.120. The average Bonchev–Trinajstić information content (AvgIpc) is 3.60. The third-order valence-corrected chi connectivity index (χ3v) is 5.85. The van der Waals surface area contributed by atoms with E-state index < -0.39 is 0 Å². The van der Waals surface area contributed by atoms with Crippen LogP contribution in [-0.2, 0) is 25.6 Å². The molecule has 1 aliphatic rings. The Bertz CT molecular complexity index is 1450. The maximum absolute atomic E-state index is 3.72. The van der Waals surface area contributed by atoms with E-state index in [-0.39, 0.29) is 6.19 Å². The Hall–Kier alpha value is -3.62. The monoisotopic (exact) mass is 568 g/mol. The number of hydrogen-bond acceptors (Lipinski definition) is 0. The molecule has 0 saturated heterocycles. The van der Waals surface area contributed by atoms with Gasteiger partial charge in [0.1, 0.15) is 0 Å². The molecule has 0 fully saturated rings. The smallest absolute Gasteiger partial charge is 0.0253 e. The Balaban J connectivity index is 0.000000145. The number of fused-ring (bicyclic) bond motifs is 4. The van der Waals surface area contributed by atoms with Crippen molar-refractivity contribution in [2.45, 2.75) is 19.5 Å². The van der Waals surface area contributed by atoms with E-state index in [1.807, 2.05) is 66.7 Å². The number of benzene rings is 5. The van der Waals surface area contributed by atoms with E-state index in [1.165, 1.54) is 33.0 Å². The van der Waals surface area contributed by atoms with Gasteiger partial charge < -0.3 is 0 Å². The van der Waals surface area contributed by atoms with Crippen LogP contribution in [-0.4, -0.2) is 6.19 Å². The molecule has 0 atom stereocenters. The van der Waals surface area contributed by atoms with Gasteiger partial charge >= 0.3 is 38.5 Å². The minimum atomic E-state index is 0.120. The summed E-state index contributed by atoms with van der Waals surface area (Å²) in [6, 6.07) is 52.5. The van der Waals surface area contributed by atoms with Crippen LogP contribution in [0.2, 0.25) is 13.1 Å². The summed E-state index contributed by atoms with van der Waals surface area (Å²) in [6.45, 7) is 12.0. The molecule has 6 aromatic carbocycles. The van der Waals surface area contributed by atoms with Crippen molar-refractivity contribution in [3.63, 3.8) is 0 Å². The molecule has 2 heteroatoms. The first-order valence-electron chi connectivity index (χ1n) is 13.4. The minimum Gasteiger partial charge on any atom is -0.199 e. The van der Waals surface area contributed by atoms with Crippen LogP contribution in [0.15, 0.2) is 146 Å². The van der Waals surface area contributed by atoms with Crippen molar-refractivity contribution in [2.24, 2.45) is 0 Å². The van der Waals surface area contributed by atoms with E-state index in [4.69, 9.17) is 0 Å². The molecule has 7 rings (SSSR count). The molecular weight excluding hydrogens is 532 g/mol. The zero-order valence-electron chi connectivity index (χ0n) is 23.5. The molecule has 0 saturated carbocycles. The first-order chi connectivity index (χ1) is 19.4. The average molecular weight is 569 g/mol. The standard InChI is InChI=1S/C13H9.C9H7.2C7H7.C2H6Si.Ti/c1-3-7-12-10(5-1)9-11-6-2-4-8-13(11)12;1-2-5-9-7-3-6-8(9)4-1;2*1-7-5-3-2-4-6-7;1-3-2;/h1-5,7-8H,9H2;1-7H;2*2-6H,1H2;1-2H3;/q4*-1;;. The summed E-state index contributed by atoms with van der Waals surface area (Å²) in [6.07, 6.45) is 1.17. The van der Waals surface area contributed by atoms with Gasteiger partial charge in [0.25, 0.3) is 0 Å². The molecule has 0 aliphatic heterocycles. The molecule has 0 heterocycles. The molecule has 1 aliphatic carbocycles. The van der Waals surface area contributed by atoms with E-state index in [9.17, 15) is 0 Å². The van der Waals surface area contributed by atoms with Crippen LogP contribution in [0, 0.1) is 19.9 Å². The summed E-state index contributed by atoms with van der Waals surface area (Å²) in [5, 5.41) is 2.66. The molecule has 0 spiro atoms. The third-order valence-electron chi connectivity index (χ3n) is 5.85. The van der Waals surface area contributed by atoms with Crippen LogP contribution in [0.1, 0.15) is 22.3 Å². The number of hydrogen-bond donors (Lipinski definition) is 0. The van der Waals surface area contributed by atoms with Crippen molar-refractivity contribution >= 4 is 17.0 Å². The van der Waals surface area contributed by atoms with Gasteiger partial charge in [0.05, 0.1) is 0 Å². The van der Waals surface area contributed by atoms with Gasteiger partial charge in [0.2, 0.25) is 0 Å². The van der Waals surface area contributed by atoms with Gasteiger partial charge in [-0.1, -0.05) is 53.6 Å². The summed E-state index contributed by atoms with van der Waals surface area (Å²) in [5.74, 6) is 0. The molecule has 0 radical (unpaired) electrons. The molecule has 200 valence electrons. The molecule has 0 nitrogen and oxygen atoms in total. The summed E-state index contributed by atoms with van der Waals surface area (Å²) < 4.78 is 0. The van der Waals surface area contributed by atoms with Crippen molar-refractivity contribution in [1.82, 2.24) is 0 Å². The predicted molar refractivity (Wildman–Crippen MR) is 172 cm³/mol. The molecule has 0 bridgehead atoms. The van der Waals surface area contributed by atoms with Gasteiger partial charge in [-0.3, -0.25) is 0 Å². The molecule has 0 amide bonds. The van der Waals surface area contributed by atoms with Gasteiger partial charge in [0, 0.05) is 0 Å². The summed E-state index contributed by atoms with van der Waals surface area (Å²) in [4.78, 5) is 0. The Kier molecular flexibility index (Phi) is 13.3. The topological polar surface area (TPSA) is 0 Å². The van der Waals surface area contributed by atoms with E-state index in [0.717, 1.165) is 17.5 Å². The Morgan fingerprint density at radius 2 is 1.18 bits per heavy atom. The third kappa shape index (κ3) is 10.9. The van der Waals surface area contributed by atoms with Crippen molar-refractivity contribution in [2.75, 3.05) is 0 Å². The van der Waals surface area contributed by atoms with Crippen LogP contribution >= 0.6 is 0 Å². The van der Waals surface area contributed by atoms with Crippen molar-refractivity contribution in [3.8, 4) is 11.1 Å². The maximum Gasteiger partial charge on any atom is -0.0253 e. The van der Waals surface area contributed by atoms with Crippen molar-refractivity contribution < 1.29 is 19.2 Å². The molecule has 40 heavy (non-hydrogen) atoms. The summed E-state index contributed by atoms with van der Waals surface area (Å²) >= 11 is 2.27. The molecule has 6 aromatic rings. The van der Waals surface area contributed by atoms with Gasteiger partial charge in [0.15, 0.2) is 0 Å². The van der Waals surface area contributed by atoms with Crippen LogP contribution in [0.4, 0.5) is 0 Å². The quantitative estimate of drug-likeness (QED) is 0.126. The van der Waals surface area contributed by atoms with Gasteiger partial charge in [-0.05, 0) is 6.42 Å². The van der Waals surface area contributed by atoms with Crippen LogP contribution in [0.3, 0.4) is 0 Å². The van der Waals surface area contributed by atoms with Crippen molar-refractivity contribution in [3.05, 3.63) is 188 Å². The maximum atomic E-state index is 3.72. The second-order valence-corrected chi connectivity index (χ2v) is 16.2. The van der Waals surface area contributed by atoms with Gasteiger partial charge in [-0.2, -0.15) is 96.6 Å². The zero-order valence-corrected chi connectivity index (χ0v) is 26.0. The van der Waals surface area contributed by atoms with E-state index in [0.29, 0.717) is 0 Å². The van der Waals surface area contributed by atoms with Crippen LogP contribution in [0.25, 0.3) is 21.9 Å². The largest absolute Gasteiger partial charge is 0.199 e. The Morgan fingerprint density at radius 3 is 1.75 bits per heavy atom. The van der Waals surface area contributed by atoms with Gasteiger partial charge in [-0.25, -0.2) is 0 Å². The second-order valence-electron chi connectivity index (χ2n) is 9.52. The number of rotatable bonds is 0. The fourth-order valence-electron chi connectivity index (χ4n) is 4.02. The first-order valence-corrected chi connectivity index (χ1v) is 18.2. The van der Waals surface area contributed by atoms with Gasteiger partial charge in [-0.15, -0.1) is 59.5 Å². The SMILES string of the molecule is C[Si](C)=[Ti].[CH2-]c1ccccc1.[CH2-]c1ccccc1.[c-]1cccc2c1Cc1ccccc1-2.c1ccc2[cH-]ccc2c1. The predicted octanol–water partition coefficient (Wildman–Crippen LogP) is 10.1. The van der Waals surface area contributed by atoms with Crippen LogP contribution in [0.5, 0.6) is 0 Å². The summed E-state index contributed by atoms with van der Waals surface area (Å²) in [7, 11) is 0. The first kappa shape index (κ1) is 30.9. The normalized spacial score (nSPS) is 9.93. The van der Waals surface area contributed by atoms with E-state index in [2.05, 4.69) is 131 Å². The fourth-order valence-corrected chi connectivity index (χ4v) is 4.02. The van der Waals surface area contributed by atoms with Crippen molar-refractivity contribution in [1.29, 1.82) is 0 Å². The molecular formula is C38H36SiTi-4. The fraction of sp³-hybridized carbons (Fsp3) is 0.0789.